The Labute approximate surface area is 81.3 Å². The van der Waals surface area contributed by atoms with E-state index < -0.39 is 17.8 Å². The first-order chi connectivity index (χ1) is 5.95. The van der Waals surface area contributed by atoms with Crippen LogP contribution in [0.5, 0.6) is 0 Å². The molecule has 1 aliphatic rings. The predicted octanol–water partition coefficient (Wildman–Crippen LogP) is 0.449. The van der Waals surface area contributed by atoms with E-state index in [0.29, 0.717) is 0 Å². The molecule has 0 aromatic rings. The van der Waals surface area contributed by atoms with E-state index in [1.54, 1.807) is 13.8 Å². The van der Waals surface area contributed by atoms with Crippen molar-refractivity contribution in [2.75, 3.05) is 0 Å². The average Bonchev–Trinajstić information content (AvgIpc) is 1.99. The van der Waals surface area contributed by atoms with Crippen molar-refractivity contribution in [1.29, 1.82) is 0 Å². The monoisotopic (exact) mass is 205 g/mol. The van der Waals surface area contributed by atoms with Crippen LogP contribution in [0.3, 0.4) is 0 Å². The summed E-state index contributed by atoms with van der Waals surface area (Å²) in [6.07, 6.45) is 0. The molecule has 0 aromatic carbocycles. The maximum atomic E-state index is 11.3. The van der Waals surface area contributed by atoms with Crippen LogP contribution in [0.1, 0.15) is 13.8 Å². The molecule has 1 amide bonds. The van der Waals surface area contributed by atoms with Crippen molar-refractivity contribution < 1.29 is 14.7 Å². The van der Waals surface area contributed by atoms with Gasteiger partial charge in [0.05, 0.1) is 5.38 Å². The third-order valence-electron chi connectivity index (χ3n) is 2.42. The molecule has 0 saturated carbocycles. The number of alkyl halides is 1. The topological polar surface area (TPSA) is 66.4 Å². The highest BCUT2D eigenvalue weighted by Crippen LogP contribution is 2.27. The summed E-state index contributed by atoms with van der Waals surface area (Å²) in [4.78, 5) is 22.0. The second-order valence-electron chi connectivity index (χ2n) is 3.42. The van der Waals surface area contributed by atoms with E-state index in [4.69, 9.17) is 16.7 Å². The first-order valence-electron chi connectivity index (χ1n) is 4.12. The molecule has 4 atom stereocenters. The summed E-state index contributed by atoms with van der Waals surface area (Å²) in [5.74, 6) is -2.89. The Balaban J connectivity index is 2.85. The molecule has 4 nitrogen and oxygen atoms in total. The molecule has 0 aliphatic carbocycles. The normalized spacial score (nSPS) is 39.8. The highest BCUT2D eigenvalue weighted by Gasteiger charge is 2.42. The Hall–Kier alpha value is -0.770. The number of piperidine rings is 1. The Morgan fingerprint density at radius 3 is 2.54 bits per heavy atom. The van der Waals surface area contributed by atoms with E-state index in [9.17, 15) is 9.59 Å². The lowest BCUT2D eigenvalue weighted by atomic mass is 9.84. The van der Waals surface area contributed by atoms with Gasteiger partial charge in [-0.2, -0.15) is 0 Å². The van der Waals surface area contributed by atoms with Gasteiger partial charge in [-0.15, -0.1) is 11.6 Å². The predicted molar refractivity (Wildman–Crippen MR) is 47.5 cm³/mol. The molecule has 1 fully saturated rings. The molecule has 1 aliphatic heterocycles. The van der Waals surface area contributed by atoms with Crippen molar-refractivity contribution in [2.24, 2.45) is 11.8 Å². The maximum Gasteiger partial charge on any atom is 0.316 e. The van der Waals surface area contributed by atoms with Gasteiger partial charge in [0.2, 0.25) is 5.91 Å². The quantitative estimate of drug-likeness (QED) is 0.483. The Morgan fingerprint density at radius 1 is 1.54 bits per heavy atom. The lowest BCUT2D eigenvalue weighted by Crippen LogP contribution is -2.55. The molecule has 1 saturated heterocycles. The first-order valence-corrected chi connectivity index (χ1v) is 4.56. The van der Waals surface area contributed by atoms with Gasteiger partial charge in [-0.3, -0.25) is 9.59 Å². The molecule has 0 bridgehead atoms. The zero-order chi connectivity index (χ0) is 10.2. The number of nitrogens with one attached hydrogen (secondary N) is 1. The number of hydrogen-bond acceptors (Lipinski definition) is 2. The number of rotatable bonds is 1. The van der Waals surface area contributed by atoms with Gasteiger partial charge in [0.25, 0.3) is 0 Å². The number of aliphatic carboxylic acids is 1. The van der Waals surface area contributed by atoms with Crippen LogP contribution in [-0.2, 0) is 9.59 Å². The van der Waals surface area contributed by atoms with Gasteiger partial charge >= 0.3 is 5.97 Å². The Kier molecular flexibility index (Phi) is 2.81. The summed E-state index contributed by atoms with van der Waals surface area (Å²) >= 11 is 5.94. The van der Waals surface area contributed by atoms with Gasteiger partial charge in [-0.1, -0.05) is 6.92 Å². The lowest BCUT2D eigenvalue weighted by Gasteiger charge is -2.34. The van der Waals surface area contributed by atoms with Gasteiger partial charge in [0, 0.05) is 6.04 Å². The van der Waals surface area contributed by atoms with Gasteiger partial charge in [-0.05, 0) is 12.8 Å². The van der Waals surface area contributed by atoms with Crippen LogP contribution < -0.4 is 5.32 Å². The molecule has 74 valence electrons. The van der Waals surface area contributed by atoms with Crippen molar-refractivity contribution in [3.8, 4) is 0 Å². The van der Waals surface area contributed by atoms with E-state index in [-0.39, 0.29) is 17.3 Å². The van der Waals surface area contributed by atoms with Crippen LogP contribution in [0.4, 0.5) is 0 Å². The standard InChI is InChI=1S/C8H12ClNO3/c1-3-5(8(12)13)7(11)10-4(2)6(3)9/h3-6H,1-2H3,(H,10,11)(H,12,13). The van der Waals surface area contributed by atoms with Crippen molar-refractivity contribution in [1.82, 2.24) is 5.32 Å². The highest BCUT2D eigenvalue weighted by molar-refractivity contribution is 6.22. The maximum absolute atomic E-state index is 11.3. The lowest BCUT2D eigenvalue weighted by molar-refractivity contribution is -0.151. The van der Waals surface area contributed by atoms with E-state index in [1.165, 1.54) is 0 Å². The van der Waals surface area contributed by atoms with Crippen LogP contribution in [-0.4, -0.2) is 28.4 Å². The minimum absolute atomic E-state index is 0.167. The van der Waals surface area contributed by atoms with Gasteiger partial charge in [-0.25, -0.2) is 0 Å². The largest absolute Gasteiger partial charge is 0.481 e. The third-order valence-corrected chi connectivity index (χ3v) is 3.20. The van der Waals surface area contributed by atoms with Crippen molar-refractivity contribution in [3.63, 3.8) is 0 Å². The summed E-state index contributed by atoms with van der Waals surface area (Å²) in [7, 11) is 0. The van der Waals surface area contributed by atoms with Crippen LogP contribution in [0.2, 0.25) is 0 Å². The molecule has 0 spiro atoms. The van der Waals surface area contributed by atoms with E-state index in [0.717, 1.165) is 0 Å². The number of carbonyl (C=O) groups is 2. The third kappa shape index (κ3) is 1.77. The Bertz CT molecular complexity index is 244. The van der Waals surface area contributed by atoms with Gasteiger partial charge in [0.15, 0.2) is 0 Å². The number of carbonyl (C=O) groups excluding carboxylic acids is 1. The molecule has 1 heterocycles. The first kappa shape index (κ1) is 10.3. The summed E-state index contributed by atoms with van der Waals surface area (Å²) in [5.41, 5.74) is 0. The smallest absolute Gasteiger partial charge is 0.316 e. The molecular weight excluding hydrogens is 194 g/mol. The van der Waals surface area contributed by atoms with E-state index in [2.05, 4.69) is 5.32 Å². The molecule has 13 heavy (non-hydrogen) atoms. The minimum atomic E-state index is -1.11. The molecule has 1 rings (SSSR count). The highest BCUT2D eigenvalue weighted by atomic mass is 35.5. The second-order valence-corrected chi connectivity index (χ2v) is 3.92. The fourth-order valence-corrected chi connectivity index (χ4v) is 1.82. The molecule has 2 N–H and O–H groups in total. The second kappa shape index (κ2) is 3.54. The molecule has 4 unspecified atom stereocenters. The summed E-state index contributed by atoms with van der Waals surface area (Å²) < 4.78 is 0. The number of hydrogen-bond donors (Lipinski definition) is 2. The van der Waals surface area contributed by atoms with Crippen LogP contribution in [0.15, 0.2) is 0 Å². The Morgan fingerprint density at radius 2 is 2.08 bits per heavy atom. The zero-order valence-corrected chi connectivity index (χ0v) is 8.21. The molecular formula is C8H12ClNO3. The summed E-state index contributed by atoms with van der Waals surface area (Å²) in [5, 5.41) is 11.0. The number of amides is 1. The van der Waals surface area contributed by atoms with Crippen LogP contribution >= 0.6 is 11.6 Å². The fraction of sp³-hybridized carbons (Fsp3) is 0.750. The zero-order valence-electron chi connectivity index (χ0n) is 7.45. The molecule has 5 heteroatoms. The van der Waals surface area contributed by atoms with Crippen LogP contribution in [0.25, 0.3) is 0 Å². The fourth-order valence-electron chi connectivity index (χ4n) is 1.61. The van der Waals surface area contributed by atoms with Gasteiger partial charge < -0.3 is 10.4 Å². The van der Waals surface area contributed by atoms with Crippen LogP contribution in [0, 0.1) is 11.8 Å². The molecule has 0 radical (unpaired) electrons. The number of carboxylic acids is 1. The molecule has 0 aromatic heterocycles. The van der Waals surface area contributed by atoms with E-state index >= 15 is 0 Å². The minimum Gasteiger partial charge on any atom is -0.481 e. The summed E-state index contributed by atoms with van der Waals surface area (Å²) in [6, 6.07) is -0.167. The van der Waals surface area contributed by atoms with Crippen molar-refractivity contribution in [2.45, 2.75) is 25.3 Å². The number of carboxylic acid groups (broad SMARTS) is 1. The average molecular weight is 206 g/mol. The van der Waals surface area contributed by atoms with Crippen molar-refractivity contribution in [3.05, 3.63) is 0 Å². The van der Waals surface area contributed by atoms with E-state index in [1.807, 2.05) is 0 Å². The number of halogens is 1. The van der Waals surface area contributed by atoms with Crippen molar-refractivity contribution >= 4 is 23.5 Å². The SMILES string of the molecule is CC1NC(=O)C(C(=O)O)C(C)C1Cl. The summed E-state index contributed by atoms with van der Waals surface area (Å²) in [6.45, 7) is 3.45. The van der Waals surface area contributed by atoms with Gasteiger partial charge in [0.1, 0.15) is 5.92 Å².